The number of rotatable bonds is 2. The standard InChI is InChI=1S/C21H27ClO3/c1-20-9-7-14(23)11-13(20)3-4-15-16-5-6-18(19(24)25-12-22)21(16,2)10-8-17(15)20/h7,9,11,15-18H,3-6,8,10,12H2,1-2H3/t15-,16-,17-,18+,20-,21-/m0/s1. The van der Waals surface area contributed by atoms with Crippen molar-refractivity contribution in [2.45, 2.75) is 52.4 Å². The Morgan fingerprint density at radius 2 is 2.04 bits per heavy atom. The molecule has 0 aromatic heterocycles. The Balaban J connectivity index is 1.62. The van der Waals surface area contributed by atoms with E-state index in [0.29, 0.717) is 17.8 Å². The van der Waals surface area contributed by atoms with Gasteiger partial charge in [-0.15, -0.1) is 0 Å². The van der Waals surface area contributed by atoms with Crippen molar-refractivity contribution >= 4 is 23.4 Å². The van der Waals surface area contributed by atoms with Crippen molar-refractivity contribution < 1.29 is 14.3 Å². The van der Waals surface area contributed by atoms with E-state index in [0.717, 1.165) is 38.5 Å². The Morgan fingerprint density at radius 3 is 2.80 bits per heavy atom. The maximum absolute atomic E-state index is 12.4. The fourth-order valence-corrected chi connectivity index (χ4v) is 6.85. The molecule has 0 radical (unpaired) electrons. The molecule has 0 amide bonds. The van der Waals surface area contributed by atoms with Crippen LogP contribution in [0.15, 0.2) is 23.8 Å². The van der Waals surface area contributed by atoms with E-state index in [1.807, 2.05) is 6.08 Å². The average Bonchev–Trinajstić information content (AvgIpc) is 2.93. The molecule has 0 aromatic rings. The van der Waals surface area contributed by atoms with E-state index in [1.54, 1.807) is 6.08 Å². The second-order valence-corrected chi connectivity index (χ2v) is 9.07. The maximum atomic E-state index is 12.4. The number of ether oxygens (including phenoxy) is 1. The van der Waals surface area contributed by atoms with Crippen molar-refractivity contribution in [3.63, 3.8) is 0 Å². The van der Waals surface area contributed by atoms with Crippen LogP contribution in [0.5, 0.6) is 0 Å². The van der Waals surface area contributed by atoms with E-state index in [-0.39, 0.29) is 34.6 Å². The molecular weight excluding hydrogens is 336 g/mol. The molecule has 0 heterocycles. The van der Waals surface area contributed by atoms with Crippen LogP contribution in [0.4, 0.5) is 0 Å². The molecule has 0 saturated heterocycles. The Kier molecular flexibility index (Phi) is 4.14. The Morgan fingerprint density at radius 1 is 1.24 bits per heavy atom. The molecule has 0 N–H and O–H groups in total. The number of carbonyl (C=O) groups is 2. The number of hydrogen-bond donors (Lipinski definition) is 0. The number of esters is 1. The minimum absolute atomic E-state index is 0.00887. The first-order valence-electron chi connectivity index (χ1n) is 9.57. The van der Waals surface area contributed by atoms with E-state index in [9.17, 15) is 9.59 Å². The third-order valence-electron chi connectivity index (χ3n) is 8.04. The van der Waals surface area contributed by atoms with Gasteiger partial charge in [-0.1, -0.05) is 37.1 Å². The first-order chi connectivity index (χ1) is 11.9. The number of fused-ring (bicyclic) bond motifs is 5. The van der Waals surface area contributed by atoms with Crippen molar-refractivity contribution in [3.05, 3.63) is 23.8 Å². The van der Waals surface area contributed by atoms with Crippen LogP contribution in [0.3, 0.4) is 0 Å². The van der Waals surface area contributed by atoms with E-state index in [2.05, 4.69) is 19.9 Å². The third-order valence-corrected chi connectivity index (χ3v) is 8.15. The highest BCUT2D eigenvalue weighted by molar-refractivity contribution is 6.17. The molecule has 4 aliphatic carbocycles. The van der Waals surface area contributed by atoms with Crippen LogP contribution in [0, 0.1) is 34.5 Å². The van der Waals surface area contributed by atoms with E-state index >= 15 is 0 Å². The SMILES string of the molecule is C[C@]12CC[C@H]3[C@@H](CCC4=CC(=O)C=C[C@@]43C)[C@@H]1CC[C@@H]2C(=O)OCCl. The molecule has 0 unspecified atom stereocenters. The monoisotopic (exact) mass is 362 g/mol. The number of ketones is 1. The summed E-state index contributed by atoms with van der Waals surface area (Å²) < 4.78 is 5.16. The first-order valence-corrected chi connectivity index (χ1v) is 10.1. The summed E-state index contributed by atoms with van der Waals surface area (Å²) in [6, 6.07) is -0.0484. The molecule has 6 atom stereocenters. The van der Waals surface area contributed by atoms with Crippen LogP contribution in [0.25, 0.3) is 0 Å². The number of alkyl halides is 1. The van der Waals surface area contributed by atoms with Gasteiger partial charge in [0.25, 0.3) is 0 Å². The lowest BCUT2D eigenvalue weighted by Gasteiger charge is -2.56. The van der Waals surface area contributed by atoms with Gasteiger partial charge in [-0.05, 0) is 73.8 Å². The lowest BCUT2D eigenvalue weighted by Crippen LogP contribution is -2.50. The summed E-state index contributed by atoms with van der Waals surface area (Å²) in [5.41, 5.74) is 1.38. The van der Waals surface area contributed by atoms with Gasteiger partial charge in [0.2, 0.25) is 0 Å². The van der Waals surface area contributed by atoms with Crippen molar-refractivity contribution in [2.75, 3.05) is 6.07 Å². The molecule has 4 rings (SSSR count). The lowest BCUT2D eigenvalue weighted by molar-refractivity contribution is -0.153. The molecule has 4 heteroatoms. The fourth-order valence-electron chi connectivity index (χ4n) is 6.74. The normalized spacial score (nSPS) is 45.2. The highest BCUT2D eigenvalue weighted by Gasteiger charge is 2.60. The summed E-state index contributed by atoms with van der Waals surface area (Å²) in [6.45, 7) is 4.62. The second kappa shape index (κ2) is 5.97. The zero-order valence-corrected chi connectivity index (χ0v) is 15.8. The molecular formula is C21H27ClO3. The van der Waals surface area contributed by atoms with Crippen LogP contribution in [0.1, 0.15) is 52.4 Å². The minimum atomic E-state index is -0.107. The van der Waals surface area contributed by atoms with Crippen molar-refractivity contribution in [2.24, 2.45) is 34.5 Å². The Labute approximate surface area is 154 Å². The third kappa shape index (κ3) is 2.45. The lowest BCUT2D eigenvalue weighted by atomic mass is 9.48. The second-order valence-electron chi connectivity index (χ2n) is 8.85. The maximum Gasteiger partial charge on any atom is 0.310 e. The average molecular weight is 363 g/mol. The van der Waals surface area contributed by atoms with E-state index in [4.69, 9.17) is 16.3 Å². The van der Waals surface area contributed by atoms with E-state index < -0.39 is 0 Å². The largest absolute Gasteiger partial charge is 0.449 e. The summed E-state index contributed by atoms with van der Waals surface area (Å²) in [4.78, 5) is 24.2. The Bertz CT molecular complexity index is 666. The van der Waals surface area contributed by atoms with Gasteiger partial charge in [-0.25, -0.2) is 0 Å². The van der Waals surface area contributed by atoms with Gasteiger partial charge in [-0.3, -0.25) is 9.59 Å². The molecule has 0 spiro atoms. The molecule has 136 valence electrons. The summed E-state index contributed by atoms with van der Waals surface area (Å²) in [5, 5.41) is 0. The minimum Gasteiger partial charge on any atom is -0.449 e. The molecule has 3 nitrogen and oxygen atoms in total. The smallest absolute Gasteiger partial charge is 0.310 e. The highest BCUT2D eigenvalue weighted by Crippen LogP contribution is 2.66. The number of carbonyl (C=O) groups excluding carboxylic acids is 2. The molecule has 25 heavy (non-hydrogen) atoms. The molecule has 0 aliphatic heterocycles. The summed E-state index contributed by atoms with van der Waals surface area (Å²) >= 11 is 5.63. The molecule has 3 fully saturated rings. The highest BCUT2D eigenvalue weighted by atomic mass is 35.5. The van der Waals surface area contributed by atoms with Crippen LogP contribution in [-0.4, -0.2) is 17.8 Å². The molecule has 0 bridgehead atoms. The van der Waals surface area contributed by atoms with Gasteiger partial charge >= 0.3 is 5.97 Å². The van der Waals surface area contributed by atoms with Crippen molar-refractivity contribution in [1.82, 2.24) is 0 Å². The summed E-state index contributed by atoms with van der Waals surface area (Å²) in [6.07, 6.45) is 12.2. The predicted molar refractivity (Wildman–Crippen MR) is 96.9 cm³/mol. The summed E-state index contributed by atoms with van der Waals surface area (Å²) in [7, 11) is 0. The van der Waals surface area contributed by atoms with Gasteiger partial charge < -0.3 is 4.74 Å². The quantitative estimate of drug-likeness (QED) is 0.530. The van der Waals surface area contributed by atoms with Gasteiger partial charge in [-0.2, -0.15) is 0 Å². The number of allylic oxidation sites excluding steroid dienone is 4. The van der Waals surface area contributed by atoms with Gasteiger partial charge in [0.1, 0.15) is 0 Å². The van der Waals surface area contributed by atoms with Crippen molar-refractivity contribution in [1.29, 1.82) is 0 Å². The van der Waals surface area contributed by atoms with Gasteiger partial charge in [0.05, 0.1) is 5.92 Å². The molecule has 4 aliphatic rings. The van der Waals surface area contributed by atoms with Gasteiger partial charge in [0, 0.05) is 5.41 Å². The van der Waals surface area contributed by atoms with Crippen LogP contribution >= 0.6 is 11.6 Å². The molecule has 0 aromatic carbocycles. The van der Waals surface area contributed by atoms with Gasteiger partial charge in [0.15, 0.2) is 11.8 Å². The number of halogens is 1. The zero-order valence-electron chi connectivity index (χ0n) is 15.1. The molecule has 3 saturated carbocycles. The summed E-state index contributed by atoms with van der Waals surface area (Å²) in [5.74, 6) is 1.81. The predicted octanol–water partition coefficient (Wildman–Crippen LogP) is 4.65. The van der Waals surface area contributed by atoms with Crippen LogP contribution in [-0.2, 0) is 14.3 Å². The first kappa shape index (κ1) is 17.3. The van der Waals surface area contributed by atoms with Crippen molar-refractivity contribution in [3.8, 4) is 0 Å². The van der Waals surface area contributed by atoms with E-state index in [1.165, 1.54) is 5.57 Å². The number of hydrogen-bond acceptors (Lipinski definition) is 3. The zero-order chi connectivity index (χ0) is 17.8. The topological polar surface area (TPSA) is 43.4 Å². The van der Waals surface area contributed by atoms with Crippen LogP contribution < -0.4 is 0 Å². The fraction of sp³-hybridized carbons (Fsp3) is 0.714. The Hall–Kier alpha value is -1.09. The van der Waals surface area contributed by atoms with Crippen LogP contribution in [0.2, 0.25) is 0 Å².